The lowest BCUT2D eigenvalue weighted by molar-refractivity contribution is -0.138. The Labute approximate surface area is 71.5 Å². The summed E-state index contributed by atoms with van der Waals surface area (Å²) in [5.41, 5.74) is 0. The highest BCUT2D eigenvalue weighted by Gasteiger charge is 2.40. The van der Waals surface area contributed by atoms with Gasteiger partial charge in [0.05, 0.1) is 12.2 Å². The summed E-state index contributed by atoms with van der Waals surface area (Å²) >= 11 is 0. The van der Waals surface area contributed by atoms with Crippen molar-refractivity contribution < 1.29 is 20.4 Å². The number of hydrogen-bond donors (Lipinski definition) is 4. The minimum absolute atomic E-state index is 0.0689. The first-order valence-corrected chi connectivity index (χ1v) is 4.23. The topological polar surface area (TPSA) is 80.9 Å². The average Bonchev–Trinajstić information content (AvgIpc) is 2.08. The van der Waals surface area contributed by atoms with Crippen molar-refractivity contribution in [3.8, 4) is 0 Å². The lowest BCUT2D eigenvalue weighted by Gasteiger charge is -2.38. The first-order valence-electron chi connectivity index (χ1n) is 4.23. The molecule has 1 fully saturated rings. The monoisotopic (exact) mass is 176 g/mol. The zero-order valence-electron chi connectivity index (χ0n) is 7.09. The van der Waals surface area contributed by atoms with E-state index in [1.807, 2.05) is 0 Å². The fourth-order valence-corrected chi connectivity index (χ4v) is 1.76. The van der Waals surface area contributed by atoms with Gasteiger partial charge in [-0.25, -0.2) is 0 Å². The average molecular weight is 176 g/mol. The van der Waals surface area contributed by atoms with E-state index >= 15 is 0 Å². The van der Waals surface area contributed by atoms with Gasteiger partial charge in [-0.05, 0) is 12.3 Å². The molecule has 0 bridgehead atoms. The molecule has 0 heterocycles. The Hall–Kier alpha value is -0.160. The molecule has 0 spiro atoms. The predicted molar refractivity (Wildman–Crippen MR) is 42.4 cm³/mol. The molecular formula is C8H16O4. The van der Waals surface area contributed by atoms with Crippen molar-refractivity contribution in [3.63, 3.8) is 0 Å². The van der Waals surface area contributed by atoms with Gasteiger partial charge in [-0.1, -0.05) is 6.92 Å². The molecule has 4 nitrogen and oxygen atoms in total. The van der Waals surface area contributed by atoms with Gasteiger partial charge in [0.25, 0.3) is 0 Å². The zero-order valence-corrected chi connectivity index (χ0v) is 7.09. The normalized spacial score (nSPS) is 49.2. The molecule has 0 aromatic rings. The predicted octanol–water partition coefficient (Wildman–Crippen LogP) is -1.28. The Morgan fingerprint density at radius 3 is 2.17 bits per heavy atom. The van der Waals surface area contributed by atoms with E-state index in [-0.39, 0.29) is 18.4 Å². The second-order valence-corrected chi connectivity index (χ2v) is 3.63. The minimum atomic E-state index is -1.12. The molecule has 0 aliphatic heterocycles. The van der Waals surface area contributed by atoms with E-state index in [9.17, 15) is 15.3 Å². The molecule has 0 unspecified atom stereocenters. The molecule has 12 heavy (non-hydrogen) atoms. The molecule has 1 aliphatic carbocycles. The lowest BCUT2D eigenvalue weighted by atomic mass is 9.77. The maximum Gasteiger partial charge on any atom is 0.106 e. The summed E-state index contributed by atoms with van der Waals surface area (Å²) in [7, 11) is 0. The van der Waals surface area contributed by atoms with Crippen LogP contribution in [0.15, 0.2) is 0 Å². The van der Waals surface area contributed by atoms with Gasteiger partial charge in [-0.2, -0.15) is 0 Å². The Balaban J connectivity index is 2.63. The fraction of sp³-hybridized carbons (Fsp3) is 1.00. The van der Waals surface area contributed by atoms with E-state index in [4.69, 9.17) is 5.11 Å². The summed E-state index contributed by atoms with van der Waals surface area (Å²) in [5, 5.41) is 36.8. The SMILES string of the molecule is C[C@H]1C[C@H](CO)[C@@H](O)[C@H](O)[C@H]1O. The van der Waals surface area contributed by atoms with Crippen LogP contribution in [0.3, 0.4) is 0 Å². The van der Waals surface area contributed by atoms with Crippen LogP contribution >= 0.6 is 0 Å². The van der Waals surface area contributed by atoms with Crippen molar-refractivity contribution in [2.45, 2.75) is 31.7 Å². The molecule has 1 aliphatic rings. The lowest BCUT2D eigenvalue weighted by Crippen LogP contribution is -2.51. The zero-order chi connectivity index (χ0) is 9.30. The van der Waals surface area contributed by atoms with Crippen LogP contribution in [0, 0.1) is 11.8 Å². The standard InChI is InChI=1S/C8H16O4/c1-4-2-5(3-9)7(11)8(12)6(4)10/h4-12H,2-3H2,1H3/t4-,5+,6-,7+,8+/m0/s1. The van der Waals surface area contributed by atoms with Gasteiger partial charge in [0.15, 0.2) is 0 Å². The molecule has 4 heteroatoms. The quantitative estimate of drug-likeness (QED) is 0.401. The van der Waals surface area contributed by atoms with Gasteiger partial charge in [0.2, 0.25) is 0 Å². The van der Waals surface area contributed by atoms with E-state index in [0.717, 1.165) is 0 Å². The van der Waals surface area contributed by atoms with Crippen LogP contribution in [0.1, 0.15) is 13.3 Å². The Kier molecular flexibility index (Phi) is 3.06. The van der Waals surface area contributed by atoms with Crippen LogP contribution in [0.25, 0.3) is 0 Å². The third-order valence-corrected chi connectivity index (χ3v) is 2.67. The highest BCUT2D eigenvalue weighted by Crippen LogP contribution is 2.29. The van der Waals surface area contributed by atoms with E-state index in [2.05, 4.69) is 0 Å². The molecule has 72 valence electrons. The van der Waals surface area contributed by atoms with Crippen molar-refractivity contribution >= 4 is 0 Å². The molecule has 0 aromatic heterocycles. The minimum Gasteiger partial charge on any atom is -0.396 e. The number of rotatable bonds is 1. The first-order chi connectivity index (χ1) is 5.57. The van der Waals surface area contributed by atoms with Crippen molar-refractivity contribution in [2.75, 3.05) is 6.61 Å². The Morgan fingerprint density at radius 1 is 1.08 bits per heavy atom. The van der Waals surface area contributed by atoms with Gasteiger partial charge < -0.3 is 20.4 Å². The molecule has 1 rings (SSSR count). The molecule has 0 aromatic carbocycles. The summed E-state index contributed by atoms with van der Waals surface area (Å²) in [4.78, 5) is 0. The van der Waals surface area contributed by atoms with Crippen LogP contribution in [0.5, 0.6) is 0 Å². The molecule has 0 radical (unpaired) electrons. The maximum absolute atomic E-state index is 9.36. The van der Waals surface area contributed by atoms with E-state index in [1.165, 1.54) is 0 Å². The molecular weight excluding hydrogens is 160 g/mol. The van der Waals surface area contributed by atoms with Gasteiger partial charge in [0.1, 0.15) is 6.10 Å². The fourth-order valence-electron chi connectivity index (χ4n) is 1.76. The van der Waals surface area contributed by atoms with Crippen LogP contribution in [0.4, 0.5) is 0 Å². The van der Waals surface area contributed by atoms with Gasteiger partial charge in [-0.15, -0.1) is 0 Å². The van der Waals surface area contributed by atoms with Crippen molar-refractivity contribution in [2.24, 2.45) is 11.8 Å². The molecule has 5 atom stereocenters. The van der Waals surface area contributed by atoms with Crippen LogP contribution in [0.2, 0.25) is 0 Å². The smallest absolute Gasteiger partial charge is 0.106 e. The van der Waals surface area contributed by atoms with Crippen LogP contribution in [-0.2, 0) is 0 Å². The third kappa shape index (κ3) is 1.61. The van der Waals surface area contributed by atoms with Crippen molar-refractivity contribution in [1.29, 1.82) is 0 Å². The second kappa shape index (κ2) is 3.70. The Morgan fingerprint density at radius 2 is 1.67 bits per heavy atom. The third-order valence-electron chi connectivity index (χ3n) is 2.67. The van der Waals surface area contributed by atoms with Gasteiger partial charge in [-0.3, -0.25) is 0 Å². The first kappa shape index (κ1) is 9.92. The summed E-state index contributed by atoms with van der Waals surface area (Å²) in [5.74, 6) is -0.376. The summed E-state index contributed by atoms with van der Waals surface area (Å²) in [6.45, 7) is 1.65. The van der Waals surface area contributed by atoms with E-state index in [0.29, 0.717) is 6.42 Å². The molecule has 4 N–H and O–H groups in total. The number of hydrogen-bond acceptors (Lipinski definition) is 4. The van der Waals surface area contributed by atoms with E-state index in [1.54, 1.807) is 6.92 Å². The van der Waals surface area contributed by atoms with Crippen LogP contribution in [-0.4, -0.2) is 45.3 Å². The summed E-state index contributed by atoms with van der Waals surface area (Å²) < 4.78 is 0. The Bertz CT molecular complexity index is 145. The maximum atomic E-state index is 9.36. The molecule has 0 amide bonds. The summed E-state index contributed by atoms with van der Waals surface area (Å²) in [6, 6.07) is 0. The molecule has 0 saturated heterocycles. The number of aliphatic hydroxyl groups excluding tert-OH is 4. The van der Waals surface area contributed by atoms with Gasteiger partial charge >= 0.3 is 0 Å². The summed E-state index contributed by atoms with van der Waals surface area (Å²) in [6.07, 6.45) is -2.44. The van der Waals surface area contributed by atoms with Gasteiger partial charge in [0, 0.05) is 12.5 Å². The highest BCUT2D eigenvalue weighted by atomic mass is 16.4. The van der Waals surface area contributed by atoms with Crippen molar-refractivity contribution in [1.82, 2.24) is 0 Å². The van der Waals surface area contributed by atoms with E-state index < -0.39 is 18.3 Å². The largest absolute Gasteiger partial charge is 0.396 e. The molecule has 1 saturated carbocycles. The highest BCUT2D eigenvalue weighted by molar-refractivity contribution is 4.90. The van der Waals surface area contributed by atoms with Crippen molar-refractivity contribution in [3.05, 3.63) is 0 Å². The van der Waals surface area contributed by atoms with Crippen LogP contribution < -0.4 is 0 Å². The second-order valence-electron chi connectivity index (χ2n) is 3.63. The number of aliphatic hydroxyl groups is 4.